The summed E-state index contributed by atoms with van der Waals surface area (Å²) in [6.45, 7) is 5.46. The highest BCUT2D eigenvalue weighted by atomic mass is 16.3. The van der Waals surface area contributed by atoms with Crippen LogP contribution in [0.4, 0.5) is 5.69 Å². The van der Waals surface area contributed by atoms with Crippen LogP contribution >= 0.6 is 0 Å². The molecule has 27 heavy (non-hydrogen) atoms. The smallest absolute Gasteiger partial charge is 0.244 e. The van der Waals surface area contributed by atoms with Gasteiger partial charge in [0.15, 0.2) is 0 Å². The molecule has 2 N–H and O–H groups in total. The quantitative estimate of drug-likeness (QED) is 0.722. The maximum atomic E-state index is 12.9. The van der Waals surface area contributed by atoms with Gasteiger partial charge in [0.2, 0.25) is 5.91 Å². The number of amides is 1. The van der Waals surface area contributed by atoms with Gasteiger partial charge in [-0.1, -0.05) is 42.5 Å². The number of rotatable bonds is 4. The van der Waals surface area contributed by atoms with Crippen LogP contribution in [0.25, 0.3) is 10.8 Å². The second-order valence-electron chi connectivity index (χ2n) is 7.58. The van der Waals surface area contributed by atoms with Crippen molar-refractivity contribution in [3.8, 4) is 5.75 Å². The Morgan fingerprint density at radius 3 is 2.59 bits per heavy atom. The van der Waals surface area contributed by atoms with Crippen molar-refractivity contribution in [2.24, 2.45) is 0 Å². The van der Waals surface area contributed by atoms with Crippen LogP contribution in [0, 0.1) is 6.92 Å². The first-order valence-corrected chi connectivity index (χ1v) is 9.29. The van der Waals surface area contributed by atoms with Gasteiger partial charge in [0, 0.05) is 24.8 Å². The van der Waals surface area contributed by atoms with E-state index in [1.54, 1.807) is 12.1 Å². The standard InChI is InChI=1S/C23H24N2O2/c1-16-7-10-20(14-21(16)26)24-22(27)23(2)11-12-25(23)15-17-8-9-18-5-3-4-6-19(18)13-17/h3-10,13-14,26H,11-12,15H2,1-2H3,(H,24,27). The molecule has 4 heteroatoms. The van der Waals surface area contributed by atoms with Crippen molar-refractivity contribution in [3.63, 3.8) is 0 Å². The summed E-state index contributed by atoms with van der Waals surface area (Å²) in [5, 5.41) is 15.3. The monoisotopic (exact) mass is 360 g/mol. The lowest BCUT2D eigenvalue weighted by Gasteiger charge is -2.49. The van der Waals surface area contributed by atoms with Gasteiger partial charge in [-0.2, -0.15) is 0 Å². The molecule has 0 spiro atoms. The second kappa shape index (κ2) is 6.71. The molecule has 1 saturated heterocycles. The van der Waals surface area contributed by atoms with Crippen LogP contribution in [0.15, 0.2) is 60.7 Å². The molecule has 3 aromatic carbocycles. The van der Waals surface area contributed by atoms with E-state index < -0.39 is 5.54 Å². The summed E-state index contributed by atoms with van der Waals surface area (Å²) in [5.74, 6) is 0.164. The summed E-state index contributed by atoms with van der Waals surface area (Å²) < 4.78 is 0. The Labute approximate surface area is 159 Å². The molecule has 0 aliphatic carbocycles. The summed E-state index contributed by atoms with van der Waals surface area (Å²) in [7, 11) is 0. The SMILES string of the molecule is Cc1ccc(NC(=O)C2(C)CCN2Cc2ccc3ccccc3c2)cc1O. The molecule has 0 saturated carbocycles. The van der Waals surface area contributed by atoms with Crippen LogP contribution in [0.5, 0.6) is 5.75 Å². The summed E-state index contributed by atoms with van der Waals surface area (Å²) in [6, 6.07) is 20.0. The number of nitrogens with one attached hydrogen (secondary N) is 1. The Bertz CT molecular complexity index is 1010. The number of nitrogens with zero attached hydrogens (tertiary/aromatic N) is 1. The molecule has 3 aromatic rings. The number of fused-ring (bicyclic) bond motifs is 1. The molecule has 4 rings (SSSR count). The van der Waals surface area contributed by atoms with E-state index in [0.29, 0.717) is 5.69 Å². The van der Waals surface area contributed by atoms with Crippen LogP contribution in [0.2, 0.25) is 0 Å². The minimum atomic E-state index is -0.536. The summed E-state index contributed by atoms with van der Waals surface area (Å²) >= 11 is 0. The van der Waals surface area contributed by atoms with Crippen LogP contribution in [0.3, 0.4) is 0 Å². The lowest BCUT2D eigenvalue weighted by atomic mass is 9.85. The fraction of sp³-hybridized carbons (Fsp3) is 0.261. The lowest BCUT2D eigenvalue weighted by Crippen LogP contribution is -2.63. The first kappa shape index (κ1) is 17.6. The third-order valence-corrected chi connectivity index (χ3v) is 5.71. The Morgan fingerprint density at radius 2 is 1.89 bits per heavy atom. The largest absolute Gasteiger partial charge is 0.508 e. The number of carbonyl (C=O) groups excluding carboxylic acids is 1. The first-order chi connectivity index (χ1) is 13.0. The van der Waals surface area contributed by atoms with Crippen LogP contribution < -0.4 is 5.32 Å². The fourth-order valence-electron chi connectivity index (χ4n) is 3.63. The molecule has 1 fully saturated rings. The van der Waals surface area contributed by atoms with Crippen molar-refractivity contribution in [2.75, 3.05) is 11.9 Å². The maximum absolute atomic E-state index is 12.9. The molecule has 1 heterocycles. The number of aromatic hydroxyl groups is 1. The molecule has 0 radical (unpaired) electrons. The Kier molecular flexibility index (Phi) is 4.36. The van der Waals surface area contributed by atoms with Gasteiger partial charge in [-0.15, -0.1) is 0 Å². The minimum absolute atomic E-state index is 0.0298. The Hall–Kier alpha value is -2.85. The molecule has 1 amide bonds. The molecule has 1 aliphatic heterocycles. The first-order valence-electron chi connectivity index (χ1n) is 9.29. The van der Waals surface area contributed by atoms with E-state index in [1.807, 2.05) is 32.0 Å². The van der Waals surface area contributed by atoms with Gasteiger partial charge in [0.1, 0.15) is 5.75 Å². The topological polar surface area (TPSA) is 52.6 Å². The molecular weight excluding hydrogens is 336 g/mol. The number of likely N-dealkylation sites (tertiary alicyclic amines) is 1. The number of phenols is 1. The van der Waals surface area contributed by atoms with E-state index >= 15 is 0 Å². The number of hydrogen-bond acceptors (Lipinski definition) is 3. The van der Waals surface area contributed by atoms with E-state index in [2.05, 4.69) is 40.5 Å². The van der Waals surface area contributed by atoms with E-state index in [1.165, 1.54) is 16.3 Å². The van der Waals surface area contributed by atoms with Crippen molar-refractivity contribution in [2.45, 2.75) is 32.4 Å². The Balaban J connectivity index is 1.48. The number of carbonyl (C=O) groups is 1. The summed E-state index contributed by atoms with van der Waals surface area (Å²) in [6.07, 6.45) is 0.824. The number of phenolic OH excluding ortho intramolecular Hbond substituents is 1. The third-order valence-electron chi connectivity index (χ3n) is 5.71. The molecule has 0 aromatic heterocycles. The molecule has 138 valence electrons. The average molecular weight is 360 g/mol. The highest BCUT2D eigenvalue weighted by molar-refractivity contribution is 5.98. The highest BCUT2D eigenvalue weighted by Crippen LogP contribution is 2.34. The summed E-state index contributed by atoms with van der Waals surface area (Å²) in [4.78, 5) is 15.1. The zero-order valence-corrected chi connectivity index (χ0v) is 15.7. The molecule has 1 atom stereocenters. The van der Waals surface area contributed by atoms with Gasteiger partial charge in [-0.3, -0.25) is 9.69 Å². The van der Waals surface area contributed by atoms with Crippen molar-refractivity contribution in [1.29, 1.82) is 0 Å². The van der Waals surface area contributed by atoms with Gasteiger partial charge in [-0.05, 0) is 54.3 Å². The summed E-state index contributed by atoms with van der Waals surface area (Å²) in [5.41, 5.74) is 2.09. The van der Waals surface area contributed by atoms with Crippen LogP contribution in [-0.4, -0.2) is 28.0 Å². The number of benzene rings is 3. The number of aryl methyl sites for hydroxylation is 1. The zero-order chi connectivity index (χ0) is 19.0. The van der Waals surface area contributed by atoms with Gasteiger partial charge in [0.25, 0.3) is 0 Å². The lowest BCUT2D eigenvalue weighted by molar-refractivity contribution is -0.136. The van der Waals surface area contributed by atoms with E-state index in [4.69, 9.17) is 0 Å². The molecule has 4 nitrogen and oxygen atoms in total. The molecular formula is C23H24N2O2. The van der Waals surface area contributed by atoms with Crippen molar-refractivity contribution < 1.29 is 9.90 Å². The highest BCUT2D eigenvalue weighted by Gasteiger charge is 2.46. The zero-order valence-electron chi connectivity index (χ0n) is 15.7. The van der Waals surface area contributed by atoms with Gasteiger partial charge >= 0.3 is 0 Å². The van der Waals surface area contributed by atoms with Gasteiger partial charge < -0.3 is 10.4 Å². The van der Waals surface area contributed by atoms with Crippen LogP contribution in [0.1, 0.15) is 24.5 Å². The van der Waals surface area contributed by atoms with E-state index in [9.17, 15) is 9.90 Å². The average Bonchev–Trinajstić information content (AvgIpc) is 2.67. The minimum Gasteiger partial charge on any atom is -0.508 e. The second-order valence-corrected chi connectivity index (χ2v) is 7.58. The molecule has 0 bridgehead atoms. The normalized spacial score (nSPS) is 19.6. The van der Waals surface area contributed by atoms with Gasteiger partial charge in [0.05, 0.1) is 5.54 Å². The van der Waals surface area contributed by atoms with Crippen molar-refractivity contribution in [1.82, 2.24) is 4.90 Å². The predicted octanol–water partition coefficient (Wildman–Crippen LogP) is 4.46. The van der Waals surface area contributed by atoms with Crippen LogP contribution in [-0.2, 0) is 11.3 Å². The number of anilines is 1. The fourth-order valence-corrected chi connectivity index (χ4v) is 3.63. The third kappa shape index (κ3) is 3.28. The van der Waals surface area contributed by atoms with Crippen molar-refractivity contribution >= 4 is 22.4 Å². The molecule has 1 unspecified atom stereocenters. The Morgan fingerprint density at radius 1 is 1.11 bits per heavy atom. The van der Waals surface area contributed by atoms with Crippen molar-refractivity contribution in [3.05, 3.63) is 71.8 Å². The van der Waals surface area contributed by atoms with Gasteiger partial charge in [-0.25, -0.2) is 0 Å². The maximum Gasteiger partial charge on any atom is 0.244 e. The predicted molar refractivity (Wildman–Crippen MR) is 109 cm³/mol. The van der Waals surface area contributed by atoms with E-state index in [0.717, 1.165) is 25.1 Å². The van der Waals surface area contributed by atoms with E-state index in [-0.39, 0.29) is 11.7 Å². The molecule has 1 aliphatic rings. The number of hydrogen-bond donors (Lipinski definition) is 2.